The summed E-state index contributed by atoms with van der Waals surface area (Å²) in [5.41, 5.74) is 1.49. The molecule has 1 fully saturated rings. The normalized spacial score (nSPS) is 19.2. The van der Waals surface area contributed by atoms with Gasteiger partial charge in [0, 0.05) is 13.1 Å². The molecule has 1 aliphatic heterocycles. The minimum absolute atomic E-state index is 0.213. The van der Waals surface area contributed by atoms with Gasteiger partial charge in [-0.2, -0.15) is 10.2 Å². The van der Waals surface area contributed by atoms with Crippen LogP contribution in [0.25, 0.3) is 0 Å². The molecule has 0 bridgehead atoms. The number of nitrogens with zero attached hydrogens (tertiary/aromatic N) is 3. The lowest BCUT2D eigenvalue weighted by atomic mass is 10.0. The van der Waals surface area contributed by atoms with E-state index in [-0.39, 0.29) is 6.09 Å². The zero-order chi connectivity index (χ0) is 14.8. The minimum atomic E-state index is -0.433. The number of likely N-dealkylation sites (tertiary alicyclic amines) is 1. The SMILES string of the molecule is Cc1ccc(CC2CCN(C(=O)OC(C)(C)C)C2)nn1. The van der Waals surface area contributed by atoms with Crippen LogP contribution in [0.2, 0.25) is 0 Å². The van der Waals surface area contributed by atoms with Crippen molar-refractivity contribution in [3.8, 4) is 0 Å². The molecule has 5 heteroatoms. The zero-order valence-corrected chi connectivity index (χ0v) is 12.7. The van der Waals surface area contributed by atoms with Crippen LogP contribution in [-0.2, 0) is 11.2 Å². The molecule has 0 saturated carbocycles. The molecule has 1 unspecified atom stereocenters. The lowest BCUT2D eigenvalue weighted by molar-refractivity contribution is 0.0288. The van der Waals surface area contributed by atoms with E-state index in [4.69, 9.17) is 4.74 Å². The predicted octanol–water partition coefficient (Wildman–Crippen LogP) is 2.58. The van der Waals surface area contributed by atoms with Crippen molar-refractivity contribution >= 4 is 6.09 Å². The molecule has 5 nitrogen and oxygen atoms in total. The Morgan fingerprint density at radius 1 is 1.40 bits per heavy atom. The van der Waals surface area contributed by atoms with Gasteiger partial charge in [-0.3, -0.25) is 0 Å². The summed E-state index contributed by atoms with van der Waals surface area (Å²) in [5.74, 6) is 0.444. The van der Waals surface area contributed by atoms with Crippen molar-refractivity contribution in [2.45, 2.75) is 46.1 Å². The van der Waals surface area contributed by atoms with Crippen molar-refractivity contribution < 1.29 is 9.53 Å². The third kappa shape index (κ3) is 4.18. The van der Waals surface area contributed by atoms with E-state index in [1.807, 2.05) is 39.8 Å². The van der Waals surface area contributed by atoms with Gasteiger partial charge >= 0.3 is 6.09 Å². The van der Waals surface area contributed by atoms with Crippen molar-refractivity contribution in [2.24, 2.45) is 5.92 Å². The molecule has 1 atom stereocenters. The van der Waals surface area contributed by atoms with Gasteiger partial charge in [-0.15, -0.1) is 0 Å². The standard InChI is InChI=1S/C15H23N3O2/c1-11-5-6-13(17-16-11)9-12-7-8-18(10-12)14(19)20-15(2,3)4/h5-6,12H,7-10H2,1-4H3. The van der Waals surface area contributed by atoms with Crippen LogP contribution < -0.4 is 0 Å². The first-order chi connectivity index (χ1) is 9.33. The quantitative estimate of drug-likeness (QED) is 0.833. The highest BCUT2D eigenvalue weighted by Crippen LogP contribution is 2.22. The predicted molar refractivity (Wildman–Crippen MR) is 76.4 cm³/mol. The average Bonchev–Trinajstić information content (AvgIpc) is 2.79. The van der Waals surface area contributed by atoms with Gasteiger partial charge in [0.25, 0.3) is 0 Å². The van der Waals surface area contributed by atoms with Crippen LogP contribution in [0.3, 0.4) is 0 Å². The van der Waals surface area contributed by atoms with E-state index in [2.05, 4.69) is 10.2 Å². The molecule has 1 aromatic rings. The van der Waals surface area contributed by atoms with Gasteiger partial charge in [0.05, 0.1) is 11.4 Å². The second kappa shape index (κ2) is 5.77. The Morgan fingerprint density at radius 3 is 2.75 bits per heavy atom. The van der Waals surface area contributed by atoms with Gasteiger partial charge in [-0.1, -0.05) is 0 Å². The Labute approximate surface area is 120 Å². The number of hydrogen-bond acceptors (Lipinski definition) is 4. The smallest absolute Gasteiger partial charge is 0.410 e. The van der Waals surface area contributed by atoms with Gasteiger partial charge in [0.2, 0.25) is 0 Å². The maximum Gasteiger partial charge on any atom is 0.410 e. The van der Waals surface area contributed by atoms with Gasteiger partial charge in [-0.05, 0) is 58.6 Å². The maximum absolute atomic E-state index is 12.0. The number of ether oxygens (including phenoxy) is 1. The second-order valence-corrected chi connectivity index (χ2v) is 6.45. The zero-order valence-electron chi connectivity index (χ0n) is 12.7. The number of aromatic nitrogens is 2. The van der Waals surface area contributed by atoms with Gasteiger partial charge < -0.3 is 9.64 Å². The number of amides is 1. The second-order valence-electron chi connectivity index (χ2n) is 6.45. The molecule has 1 saturated heterocycles. The summed E-state index contributed by atoms with van der Waals surface area (Å²) in [4.78, 5) is 13.8. The fourth-order valence-corrected chi connectivity index (χ4v) is 2.32. The van der Waals surface area contributed by atoms with E-state index in [9.17, 15) is 4.79 Å². The number of carbonyl (C=O) groups excluding carboxylic acids is 1. The molecular formula is C15H23N3O2. The summed E-state index contributed by atoms with van der Waals surface area (Å²) in [6, 6.07) is 3.99. The number of aryl methyl sites for hydroxylation is 1. The third-order valence-corrected chi connectivity index (χ3v) is 3.29. The van der Waals surface area contributed by atoms with Crippen LogP contribution in [0.4, 0.5) is 4.79 Å². The number of rotatable bonds is 2. The first kappa shape index (κ1) is 14.8. The summed E-state index contributed by atoms with van der Waals surface area (Å²) in [7, 11) is 0. The Balaban J connectivity index is 1.86. The van der Waals surface area contributed by atoms with Crippen LogP contribution in [0.15, 0.2) is 12.1 Å². The molecule has 2 heterocycles. The van der Waals surface area contributed by atoms with Crippen molar-refractivity contribution in [2.75, 3.05) is 13.1 Å². The van der Waals surface area contributed by atoms with Crippen LogP contribution in [0.1, 0.15) is 38.6 Å². The number of hydrogen-bond donors (Lipinski definition) is 0. The molecule has 0 radical (unpaired) electrons. The largest absolute Gasteiger partial charge is 0.444 e. The number of carbonyl (C=O) groups is 1. The summed E-state index contributed by atoms with van der Waals surface area (Å²) < 4.78 is 5.39. The van der Waals surface area contributed by atoms with Crippen LogP contribution in [0, 0.1) is 12.8 Å². The van der Waals surface area contributed by atoms with Crippen LogP contribution >= 0.6 is 0 Å². The molecule has 1 amide bonds. The van der Waals surface area contributed by atoms with E-state index in [0.29, 0.717) is 5.92 Å². The minimum Gasteiger partial charge on any atom is -0.444 e. The Kier molecular flexibility index (Phi) is 4.26. The maximum atomic E-state index is 12.0. The molecule has 2 rings (SSSR count). The van der Waals surface area contributed by atoms with Crippen LogP contribution in [0.5, 0.6) is 0 Å². The van der Waals surface area contributed by atoms with E-state index in [0.717, 1.165) is 37.3 Å². The van der Waals surface area contributed by atoms with E-state index >= 15 is 0 Å². The van der Waals surface area contributed by atoms with Crippen molar-refractivity contribution in [1.82, 2.24) is 15.1 Å². The Bertz CT molecular complexity index is 465. The summed E-state index contributed by atoms with van der Waals surface area (Å²) in [5, 5.41) is 8.25. The van der Waals surface area contributed by atoms with Crippen molar-refractivity contribution in [3.63, 3.8) is 0 Å². The molecule has 1 aromatic heterocycles. The molecule has 110 valence electrons. The van der Waals surface area contributed by atoms with E-state index in [1.165, 1.54) is 0 Å². The molecular weight excluding hydrogens is 254 g/mol. The lowest BCUT2D eigenvalue weighted by Gasteiger charge is -2.24. The molecule has 0 aliphatic carbocycles. The molecule has 1 aliphatic rings. The fourth-order valence-electron chi connectivity index (χ4n) is 2.32. The van der Waals surface area contributed by atoms with Crippen molar-refractivity contribution in [1.29, 1.82) is 0 Å². The topological polar surface area (TPSA) is 55.3 Å². The fraction of sp³-hybridized carbons (Fsp3) is 0.667. The molecule has 0 aromatic carbocycles. The Morgan fingerprint density at radius 2 is 2.15 bits per heavy atom. The van der Waals surface area contributed by atoms with Gasteiger partial charge in [0.15, 0.2) is 0 Å². The average molecular weight is 277 g/mol. The van der Waals surface area contributed by atoms with Gasteiger partial charge in [0.1, 0.15) is 5.60 Å². The van der Waals surface area contributed by atoms with E-state index in [1.54, 1.807) is 4.90 Å². The molecule has 0 N–H and O–H groups in total. The monoisotopic (exact) mass is 277 g/mol. The molecule has 20 heavy (non-hydrogen) atoms. The third-order valence-electron chi connectivity index (χ3n) is 3.29. The highest BCUT2D eigenvalue weighted by molar-refractivity contribution is 5.68. The summed E-state index contributed by atoms with van der Waals surface area (Å²) in [6.45, 7) is 9.10. The first-order valence-corrected chi connectivity index (χ1v) is 7.10. The highest BCUT2D eigenvalue weighted by atomic mass is 16.6. The van der Waals surface area contributed by atoms with Crippen molar-refractivity contribution in [3.05, 3.63) is 23.5 Å². The first-order valence-electron chi connectivity index (χ1n) is 7.10. The van der Waals surface area contributed by atoms with E-state index < -0.39 is 5.60 Å². The summed E-state index contributed by atoms with van der Waals surface area (Å²) in [6.07, 6.45) is 1.65. The lowest BCUT2D eigenvalue weighted by Crippen LogP contribution is -2.35. The van der Waals surface area contributed by atoms with Gasteiger partial charge in [-0.25, -0.2) is 4.79 Å². The van der Waals surface area contributed by atoms with Crippen LogP contribution in [-0.4, -0.2) is 39.9 Å². The summed E-state index contributed by atoms with van der Waals surface area (Å²) >= 11 is 0. The molecule has 0 spiro atoms. The highest BCUT2D eigenvalue weighted by Gasteiger charge is 2.29. The Hall–Kier alpha value is -1.65.